The number of hydrogen-bond acceptors (Lipinski definition) is 3. The Kier molecular flexibility index (Phi) is 4.20. The average molecular weight is 318 g/mol. The predicted octanol–water partition coefficient (Wildman–Crippen LogP) is 3.99. The molecule has 4 heteroatoms. The highest BCUT2D eigenvalue weighted by molar-refractivity contribution is 6.16. The first-order valence-corrected chi connectivity index (χ1v) is 7.44. The molecule has 118 valence electrons. The molecule has 3 aromatic rings. The number of carbonyl (C=O) groups is 3. The van der Waals surface area contributed by atoms with Crippen LogP contribution in [0.15, 0.2) is 66.7 Å². The zero-order valence-corrected chi connectivity index (χ0v) is 12.7. The highest BCUT2D eigenvalue weighted by Crippen LogP contribution is 2.18. The fraction of sp³-hybridized carbons (Fsp3) is 0.0500. The van der Waals surface area contributed by atoms with Crippen molar-refractivity contribution < 1.29 is 19.5 Å². The van der Waals surface area contributed by atoms with Crippen molar-refractivity contribution in [2.75, 3.05) is 0 Å². The van der Waals surface area contributed by atoms with Crippen molar-refractivity contribution in [1.82, 2.24) is 0 Å². The summed E-state index contributed by atoms with van der Waals surface area (Å²) < 4.78 is 0. The quantitative estimate of drug-likeness (QED) is 0.570. The Bertz CT molecular complexity index is 957. The van der Waals surface area contributed by atoms with Crippen LogP contribution in [0.2, 0.25) is 0 Å². The standard InChI is InChI=1S/C20H14O4/c21-18(15-10-9-13-5-1-2-6-14(13)11-15)12-19(22)16-7-3-4-8-17(16)20(23)24/h1-11H,12H2,(H,23,24). The summed E-state index contributed by atoms with van der Waals surface area (Å²) in [6, 6.07) is 18.8. The number of fused-ring (bicyclic) bond motifs is 1. The lowest BCUT2D eigenvalue weighted by Gasteiger charge is -2.06. The third kappa shape index (κ3) is 3.08. The molecule has 0 aromatic heterocycles. The lowest BCUT2D eigenvalue weighted by molar-refractivity contribution is 0.0690. The molecule has 0 saturated heterocycles. The fourth-order valence-electron chi connectivity index (χ4n) is 2.62. The topological polar surface area (TPSA) is 71.4 Å². The minimum Gasteiger partial charge on any atom is -0.478 e. The highest BCUT2D eigenvalue weighted by atomic mass is 16.4. The van der Waals surface area contributed by atoms with Crippen LogP contribution in [0, 0.1) is 0 Å². The molecule has 1 N–H and O–H groups in total. The molecule has 0 amide bonds. The van der Waals surface area contributed by atoms with Crippen molar-refractivity contribution in [2.45, 2.75) is 6.42 Å². The number of hydrogen-bond donors (Lipinski definition) is 1. The van der Waals surface area contributed by atoms with Crippen LogP contribution in [0.5, 0.6) is 0 Å². The van der Waals surface area contributed by atoms with Gasteiger partial charge in [0.2, 0.25) is 0 Å². The van der Waals surface area contributed by atoms with Gasteiger partial charge in [0.15, 0.2) is 11.6 Å². The van der Waals surface area contributed by atoms with Gasteiger partial charge < -0.3 is 5.11 Å². The number of ketones is 2. The number of benzene rings is 3. The third-order valence-corrected chi connectivity index (χ3v) is 3.85. The molecule has 3 rings (SSSR count). The number of aromatic carboxylic acids is 1. The Hall–Kier alpha value is -3.27. The number of rotatable bonds is 5. The molecule has 3 aromatic carbocycles. The molecule has 0 saturated carbocycles. The van der Waals surface area contributed by atoms with Gasteiger partial charge in [-0.2, -0.15) is 0 Å². The van der Waals surface area contributed by atoms with Crippen LogP contribution in [0.1, 0.15) is 37.5 Å². The second-order valence-electron chi connectivity index (χ2n) is 5.44. The lowest BCUT2D eigenvalue weighted by atomic mass is 9.96. The molecule has 0 aliphatic heterocycles. The van der Waals surface area contributed by atoms with E-state index >= 15 is 0 Å². The smallest absolute Gasteiger partial charge is 0.336 e. The van der Waals surface area contributed by atoms with Gasteiger partial charge >= 0.3 is 5.97 Å². The fourth-order valence-corrected chi connectivity index (χ4v) is 2.62. The summed E-state index contributed by atoms with van der Waals surface area (Å²) in [5.41, 5.74) is 0.405. The first kappa shape index (κ1) is 15.6. The maximum absolute atomic E-state index is 12.4. The second-order valence-corrected chi connectivity index (χ2v) is 5.44. The molecule has 0 heterocycles. The van der Waals surface area contributed by atoms with Crippen molar-refractivity contribution in [3.8, 4) is 0 Å². The monoisotopic (exact) mass is 318 g/mol. The van der Waals surface area contributed by atoms with Gasteiger partial charge in [-0.3, -0.25) is 9.59 Å². The molecule has 0 bridgehead atoms. The zero-order chi connectivity index (χ0) is 17.1. The van der Waals surface area contributed by atoms with Crippen molar-refractivity contribution in [3.63, 3.8) is 0 Å². The van der Waals surface area contributed by atoms with E-state index in [1.165, 1.54) is 12.1 Å². The normalized spacial score (nSPS) is 10.5. The van der Waals surface area contributed by atoms with Crippen molar-refractivity contribution in [2.24, 2.45) is 0 Å². The predicted molar refractivity (Wildman–Crippen MR) is 90.6 cm³/mol. The third-order valence-electron chi connectivity index (χ3n) is 3.85. The van der Waals surface area contributed by atoms with E-state index in [4.69, 9.17) is 5.11 Å². The highest BCUT2D eigenvalue weighted by Gasteiger charge is 2.19. The molecular formula is C20H14O4. The van der Waals surface area contributed by atoms with Gasteiger partial charge in [-0.05, 0) is 22.9 Å². The zero-order valence-electron chi connectivity index (χ0n) is 12.7. The summed E-state index contributed by atoms with van der Waals surface area (Å²) in [6.07, 6.45) is -0.358. The average Bonchev–Trinajstić information content (AvgIpc) is 2.61. The number of carbonyl (C=O) groups excluding carboxylic acids is 2. The van der Waals surface area contributed by atoms with Gasteiger partial charge in [0, 0.05) is 11.1 Å². The van der Waals surface area contributed by atoms with E-state index < -0.39 is 11.8 Å². The van der Waals surface area contributed by atoms with Gasteiger partial charge in [-0.25, -0.2) is 4.79 Å². The van der Waals surface area contributed by atoms with Gasteiger partial charge in [-0.1, -0.05) is 54.6 Å². The Labute approximate surface area is 138 Å². The van der Waals surface area contributed by atoms with Gasteiger partial charge in [0.25, 0.3) is 0 Å². The summed E-state index contributed by atoms with van der Waals surface area (Å²) in [5, 5.41) is 11.1. The van der Waals surface area contributed by atoms with Gasteiger partial charge in [-0.15, -0.1) is 0 Å². The number of carboxylic acids is 1. The van der Waals surface area contributed by atoms with Crippen LogP contribution in [0.4, 0.5) is 0 Å². The maximum Gasteiger partial charge on any atom is 0.336 e. The molecule has 24 heavy (non-hydrogen) atoms. The van der Waals surface area contributed by atoms with Crippen molar-refractivity contribution in [1.29, 1.82) is 0 Å². The maximum atomic E-state index is 12.4. The molecule has 0 atom stereocenters. The van der Waals surface area contributed by atoms with E-state index in [2.05, 4.69) is 0 Å². The molecule has 0 unspecified atom stereocenters. The Morgan fingerprint density at radius 3 is 2.04 bits per heavy atom. The summed E-state index contributed by atoms with van der Waals surface area (Å²) in [5.74, 6) is -2.01. The van der Waals surface area contributed by atoms with Gasteiger partial charge in [0.1, 0.15) is 0 Å². The lowest BCUT2D eigenvalue weighted by Crippen LogP contribution is -2.13. The molecule has 4 nitrogen and oxygen atoms in total. The molecule has 0 aliphatic rings. The van der Waals surface area contributed by atoms with Gasteiger partial charge in [0.05, 0.1) is 12.0 Å². The van der Waals surface area contributed by atoms with E-state index in [0.717, 1.165) is 10.8 Å². The van der Waals surface area contributed by atoms with E-state index in [-0.39, 0.29) is 23.3 Å². The molecule has 0 radical (unpaired) electrons. The van der Waals surface area contributed by atoms with Crippen LogP contribution in [-0.4, -0.2) is 22.6 Å². The summed E-state index contributed by atoms with van der Waals surface area (Å²) in [6.45, 7) is 0. The van der Waals surface area contributed by atoms with E-state index in [9.17, 15) is 14.4 Å². The largest absolute Gasteiger partial charge is 0.478 e. The van der Waals surface area contributed by atoms with Crippen LogP contribution in [0.3, 0.4) is 0 Å². The van der Waals surface area contributed by atoms with E-state index in [0.29, 0.717) is 5.56 Å². The van der Waals surface area contributed by atoms with Crippen molar-refractivity contribution in [3.05, 3.63) is 83.4 Å². The Balaban J connectivity index is 1.86. The second kappa shape index (κ2) is 6.46. The molecule has 0 aliphatic carbocycles. The Morgan fingerprint density at radius 2 is 1.33 bits per heavy atom. The number of Topliss-reactive ketones (excluding diaryl/α,β-unsaturated/α-hetero) is 2. The van der Waals surface area contributed by atoms with Crippen molar-refractivity contribution >= 4 is 28.3 Å². The first-order chi connectivity index (χ1) is 11.6. The molecular weight excluding hydrogens is 304 g/mol. The van der Waals surface area contributed by atoms with Crippen LogP contribution < -0.4 is 0 Å². The van der Waals surface area contributed by atoms with E-state index in [1.54, 1.807) is 24.3 Å². The van der Waals surface area contributed by atoms with Crippen LogP contribution >= 0.6 is 0 Å². The molecule has 0 spiro atoms. The number of carboxylic acid groups (broad SMARTS) is 1. The first-order valence-electron chi connectivity index (χ1n) is 7.44. The minimum atomic E-state index is -1.18. The SMILES string of the molecule is O=C(CC(=O)c1ccccc1C(=O)O)c1ccc2ccccc2c1. The molecule has 0 fully saturated rings. The Morgan fingerprint density at radius 1 is 0.708 bits per heavy atom. The summed E-state index contributed by atoms with van der Waals surface area (Å²) >= 11 is 0. The van der Waals surface area contributed by atoms with Crippen LogP contribution in [0.25, 0.3) is 10.8 Å². The van der Waals surface area contributed by atoms with E-state index in [1.807, 2.05) is 30.3 Å². The van der Waals surface area contributed by atoms with Crippen LogP contribution in [-0.2, 0) is 0 Å². The summed E-state index contributed by atoms with van der Waals surface area (Å²) in [7, 11) is 0. The summed E-state index contributed by atoms with van der Waals surface area (Å²) in [4.78, 5) is 35.9. The minimum absolute atomic E-state index is 0.0548.